The highest BCUT2D eigenvalue weighted by Gasteiger charge is 2.13. The van der Waals surface area contributed by atoms with Gasteiger partial charge in [0.15, 0.2) is 5.16 Å². The molecule has 0 radical (unpaired) electrons. The van der Waals surface area contributed by atoms with E-state index in [4.69, 9.17) is 21.0 Å². The van der Waals surface area contributed by atoms with Gasteiger partial charge < -0.3 is 4.42 Å². The van der Waals surface area contributed by atoms with Crippen molar-refractivity contribution in [3.63, 3.8) is 0 Å². The van der Waals surface area contributed by atoms with E-state index in [0.717, 1.165) is 5.75 Å². The van der Waals surface area contributed by atoms with E-state index in [0.29, 0.717) is 33.4 Å². The van der Waals surface area contributed by atoms with Crippen LogP contribution in [0.1, 0.15) is 11.3 Å². The average molecular weight is 383 g/mol. The molecule has 0 unspecified atom stereocenters. The van der Waals surface area contributed by atoms with Gasteiger partial charge >= 0.3 is 0 Å². The Bertz CT molecular complexity index is 1090. The molecule has 130 valence electrons. The summed E-state index contributed by atoms with van der Waals surface area (Å²) in [5.41, 5.74) is 1.68. The molecule has 4 aromatic rings. The van der Waals surface area contributed by atoms with E-state index in [2.05, 4.69) is 12.1 Å². The van der Waals surface area contributed by atoms with Crippen LogP contribution in [0.3, 0.4) is 0 Å². The minimum Gasteiger partial charge on any atom is -0.467 e. The van der Waals surface area contributed by atoms with Crippen molar-refractivity contribution in [3.8, 4) is 0 Å². The fourth-order valence-electron chi connectivity index (χ4n) is 2.70. The standard InChI is InChI=1S/C20H15ClN2O2S/c21-15-8-9-17-18(11-15)22-20(26-13-14-5-2-1-3-6-14)23(19(17)24)12-16-7-4-10-25-16/h1-11H,12-13H2. The molecular weight excluding hydrogens is 368 g/mol. The summed E-state index contributed by atoms with van der Waals surface area (Å²) in [7, 11) is 0. The van der Waals surface area contributed by atoms with Crippen LogP contribution in [0.5, 0.6) is 0 Å². The summed E-state index contributed by atoms with van der Waals surface area (Å²) in [6, 6.07) is 18.9. The molecular formula is C20H15ClN2O2S. The molecule has 6 heteroatoms. The Hall–Kier alpha value is -2.50. The molecule has 2 aromatic heterocycles. The Morgan fingerprint density at radius 1 is 1.08 bits per heavy atom. The number of thioether (sulfide) groups is 1. The lowest BCUT2D eigenvalue weighted by atomic mass is 10.2. The first-order chi connectivity index (χ1) is 12.7. The van der Waals surface area contributed by atoms with Gasteiger partial charge in [-0.3, -0.25) is 9.36 Å². The summed E-state index contributed by atoms with van der Waals surface area (Å²) in [4.78, 5) is 17.7. The zero-order chi connectivity index (χ0) is 17.9. The molecule has 0 spiro atoms. The average Bonchev–Trinajstić information content (AvgIpc) is 3.16. The smallest absolute Gasteiger partial charge is 0.262 e. The second-order valence-corrected chi connectivity index (χ2v) is 7.18. The molecule has 0 saturated carbocycles. The molecule has 0 fully saturated rings. The fraction of sp³-hybridized carbons (Fsp3) is 0.100. The first-order valence-corrected chi connectivity index (χ1v) is 9.46. The van der Waals surface area contributed by atoms with E-state index in [1.807, 2.05) is 30.3 Å². The van der Waals surface area contributed by atoms with Crippen LogP contribution in [0.2, 0.25) is 5.02 Å². The summed E-state index contributed by atoms with van der Waals surface area (Å²) in [6.07, 6.45) is 1.60. The maximum Gasteiger partial charge on any atom is 0.262 e. The number of hydrogen-bond acceptors (Lipinski definition) is 4. The van der Waals surface area contributed by atoms with E-state index < -0.39 is 0 Å². The third-order valence-corrected chi connectivity index (χ3v) is 5.27. The first kappa shape index (κ1) is 16.9. The minimum atomic E-state index is -0.0985. The van der Waals surface area contributed by atoms with Gasteiger partial charge in [-0.25, -0.2) is 4.98 Å². The van der Waals surface area contributed by atoms with Gasteiger partial charge in [0.2, 0.25) is 0 Å². The van der Waals surface area contributed by atoms with Crippen LogP contribution in [0.15, 0.2) is 81.3 Å². The van der Waals surface area contributed by atoms with Crippen molar-refractivity contribution < 1.29 is 4.42 Å². The van der Waals surface area contributed by atoms with Gasteiger partial charge in [0.25, 0.3) is 5.56 Å². The number of halogens is 1. The van der Waals surface area contributed by atoms with Crippen molar-refractivity contribution >= 4 is 34.3 Å². The molecule has 0 amide bonds. The lowest BCUT2D eigenvalue weighted by molar-refractivity contribution is 0.476. The summed E-state index contributed by atoms with van der Waals surface area (Å²) in [5.74, 6) is 1.43. The molecule has 2 heterocycles. The predicted octanol–water partition coefficient (Wildman–Crippen LogP) is 4.98. The van der Waals surface area contributed by atoms with Crippen LogP contribution in [0.25, 0.3) is 10.9 Å². The summed E-state index contributed by atoms with van der Waals surface area (Å²) in [6.45, 7) is 0.342. The van der Waals surface area contributed by atoms with Gasteiger partial charge in [-0.2, -0.15) is 0 Å². The maximum absolute atomic E-state index is 13.0. The highest BCUT2D eigenvalue weighted by molar-refractivity contribution is 7.98. The quantitative estimate of drug-likeness (QED) is 0.360. The third kappa shape index (κ3) is 3.54. The van der Waals surface area contributed by atoms with Gasteiger partial charge in [0.1, 0.15) is 5.76 Å². The van der Waals surface area contributed by atoms with Crippen LogP contribution in [0, 0.1) is 0 Å². The van der Waals surface area contributed by atoms with E-state index in [9.17, 15) is 4.79 Å². The Morgan fingerprint density at radius 3 is 2.69 bits per heavy atom. The second-order valence-electron chi connectivity index (χ2n) is 5.80. The van der Waals surface area contributed by atoms with Crippen molar-refractivity contribution in [3.05, 3.63) is 93.6 Å². The number of hydrogen-bond donors (Lipinski definition) is 0. The molecule has 0 aliphatic heterocycles. The molecule has 26 heavy (non-hydrogen) atoms. The van der Waals surface area contributed by atoms with Gasteiger partial charge in [0.05, 0.1) is 23.7 Å². The molecule has 0 bridgehead atoms. The lowest BCUT2D eigenvalue weighted by Crippen LogP contribution is -2.23. The predicted molar refractivity (Wildman–Crippen MR) is 105 cm³/mol. The van der Waals surface area contributed by atoms with E-state index >= 15 is 0 Å². The highest BCUT2D eigenvalue weighted by Crippen LogP contribution is 2.24. The van der Waals surface area contributed by atoms with Crippen molar-refractivity contribution in [2.75, 3.05) is 0 Å². The number of fused-ring (bicyclic) bond motifs is 1. The molecule has 4 nitrogen and oxygen atoms in total. The number of benzene rings is 2. The Balaban J connectivity index is 1.78. The lowest BCUT2D eigenvalue weighted by Gasteiger charge is -2.12. The fourth-order valence-corrected chi connectivity index (χ4v) is 3.82. The Kier molecular flexibility index (Phi) is 4.82. The molecule has 0 N–H and O–H groups in total. The summed E-state index contributed by atoms with van der Waals surface area (Å²) < 4.78 is 7.08. The molecule has 0 aliphatic carbocycles. The van der Waals surface area contributed by atoms with Crippen LogP contribution in [-0.4, -0.2) is 9.55 Å². The minimum absolute atomic E-state index is 0.0985. The van der Waals surface area contributed by atoms with Crippen molar-refractivity contribution in [2.24, 2.45) is 0 Å². The number of nitrogens with zero attached hydrogens (tertiary/aromatic N) is 2. The van der Waals surface area contributed by atoms with Crippen LogP contribution in [0.4, 0.5) is 0 Å². The number of rotatable bonds is 5. The number of aromatic nitrogens is 2. The van der Waals surface area contributed by atoms with Crippen LogP contribution >= 0.6 is 23.4 Å². The highest BCUT2D eigenvalue weighted by atomic mass is 35.5. The second kappa shape index (κ2) is 7.40. The largest absolute Gasteiger partial charge is 0.467 e. The zero-order valence-electron chi connectivity index (χ0n) is 13.8. The topological polar surface area (TPSA) is 48.0 Å². The summed E-state index contributed by atoms with van der Waals surface area (Å²) >= 11 is 7.60. The third-order valence-electron chi connectivity index (χ3n) is 3.99. The first-order valence-electron chi connectivity index (χ1n) is 8.10. The normalized spacial score (nSPS) is 11.1. The van der Waals surface area contributed by atoms with Crippen molar-refractivity contribution in [1.82, 2.24) is 9.55 Å². The molecule has 0 atom stereocenters. The van der Waals surface area contributed by atoms with Gasteiger partial charge in [-0.15, -0.1) is 0 Å². The molecule has 2 aromatic carbocycles. The Morgan fingerprint density at radius 2 is 1.92 bits per heavy atom. The Labute approximate surface area is 159 Å². The molecule has 4 rings (SSSR count). The SMILES string of the molecule is O=c1c2ccc(Cl)cc2nc(SCc2ccccc2)n1Cc1ccco1. The van der Waals surface area contributed by atoms with Gasteiger partial charge in [-0.1, -0.05) is 53.7 Å². The monoisotopic (exact) mass is 382 g/mol. The van der Waals surface area contributed by atoms with E-state index in [1.165, 1.54) is 17.3 Å². The number of furan rings is 1. The summed E-state index contributed by atoms with van der Waals surface area (Å²) in [5, 5.41) is 1.75. The molecule has 0 saturated heterocycles. The zero-order valence-corrected chi connectivity index (χ0v) is 15.3. The van der Waals surface area contributed by atoms with Crippen LogP contribution in [-0.2, 0) is 12.3 Å². The van der Waals surface area contributed by atoms with E-state index in [-0.39, 0.29) is 5.56 Å². The van der Waals surface area contributed by atoms with Crippen molar-refractivity contribution in [1.29, 1.82) is 0 Å². The van der Waals surface area contributed by atoms with Crippen molar-refractivity contribution in [2.45, 2.75) is 17.5 Å². The maximum atomic E-state index is 13.0. The van der Waals surface area contributed by atoms with Crippen LogP contribution < -0.4 is 5.56 Å². The van der Waals surface area contributed by atoms with E-state index in [1.54, 1.807) is 29.0 Å². The van der Waals surface area contributed by atoms with Gasteiger partial charge in [-0.05, 0) is 35.9 Å². The van der Waals surface area contributed by atoms with Gasteiger partial charge in [0, 0.05) is 10.8 Å². The molecule has 0 aliphatic rings.